The zero-order valence-electron chi connectivity index (χ0n) is 10.2. The molecule has 0 saturated carbocycles. The first-order valence-corrected chi connectivity index (χ1v) is 6.70. The number of rotatable bonds is 2. The second-order valence-electron chi connectivity index (χ2n) is 4.17. The molecular formula is C13H8Cl3F3N2. The predicted molar refractivity (Wildman–Crippen MR) is 80.6 cm³/mol. The Morgan fingerprint density at radius 1 is 0.952 bits per heavy atom. The van der Waals surface area contributed by atoms with Gasteiger partial charge in [0.1, 0.15) is 0 Å². The van der Waals surface area contributed by atoms with Crippen LogP contribution in [0.15, 0.2) is 30.3 Å². The second kappa shape index (κ2) is 5.83. The average molecular weight is 356 g/mol. The molecule has 3 N–H and O–H groups in total. The SMILES string of the molecule is Nc1cc(Cl)c(Nc2ccc(Cl)cc2C(F)(F)F)c(Cl)c1. The van der Waals surface area contributed by atoms with E-state index in [4.69, 9.17) is 40.5 Å². The maximum atomic E-state index is 13.0. The van der Waals surface area contributed by atoms with Crippen LogP contribution < -0.4 is 11.1 Å². The van der Waals surface area contributed by atoms with Gasteiger partial charge >= 0.3 is 6.18 Å². The van der Waals surface area contributed by atoms with Crippen LogP contribution in [0.2, 0.25) is 15.1 Å². The number of nitrogens with one attached hydrogen (secondary N) is 1. The van der Waals surface area contributed by atoms with Crippen LogP contribution in [-0.2, 0) is 6.18 Å². The number of hydrogen-bond acceptors (Lipinski definition) is 2. The summed E-state index contributed by atoms with van der Waals surface area (Å²) in [6.07, 6.45) is -4.57. The second-order valence-corrected chi connectivity index (χ2v) is 5.42. The monoisotopic (exact) mass is 354 g/mol. The van der Waals surface area contributed by atoms with Crippen LogP contribution in [0.5, 0.6) is 0 Å². The average Bonchev–Trinajstić information content (AvgIpc) is 2.34. The number of benzene rings is 2. The molecule has 8 heteroatoms. The highest BCUT2D eigenvalue weighted by Gasteiger charge is 2.34. The highest BCUT2D eigenvalue weighted by molar-refractivity contribution is 6.39. The van der Waals surface area contributed by atoms with Crippen molar-refractivity contribution in [1.29, 1.82) is 0 Å². The minimum atomic E-state index is -4.57. The van der Waals surface area contributed by atoms with Crippen molar-refractivity contribution in [2.24, 2.45) is 0 Å². The molecule has 0 amide bonds. The third-order valence-corrected chi connectivity index (χ3v) is 3.44. The van der Waals surface area contributed by atoms with Crippen molar-refractivity contribution >= 4 is 51.9 Å². The summed E-state index contributed by atoms with van der Waals surface area (Å²) in [7, 11) is 0. The van der Waals surface area contributed by atoms with Crippen molar-refractivity contribution < 1.29 is 13.2 Å². The van der Waals surface area contributed by atoms with E-state index < -0.39 is 11.7 Å². The normalized spacial score (nSPS) is 11.5. The first kappa shape index (κ1) is 16.1. The molecule has 0 heterocycles. The van der Waals surface area contributed by atoms with Crippen molar-refractivity contribution in [1.82, 2.24) is 0 Å². The molecule has 112 valence electrons. The number of alkyl halides is 3. The van der Waals surface area contributed by atoms with Crippen LogP contribution >= 0.6 is 34.8 Å². The number of halogens is 6. The first-order valence-electron chi connectivity index (χ1n) is 5.57. The summed E-state index contributed by atoms with van der Waals surface area (Å²) in [4.78, 5) is 0. The quantitative estimate of drug-likeness (QED) is 0.649. The van der Waals surface area contributed by atoms with Crippen molar-refractivity contribution in [2.45, 2.75) is 6.18 Å². The molecular weight excluding hydrogens is 348 g/mol. The molecule has 0 saturated heterocycles. The molecule has 21 heavy (non-hydrogen) atoms. The van der Waals surface area contributed by atoms with Crippen molar-refractivity contribution in [3.05, 3.63) is 51.0 Å². The van der Waals surface area contributed by atoms with E-state index in [9.17, 15) is 13.2 Å². The van der Waals surface area contributed by atoms with Gasteiger partial charge in [0.2, 0.25) is 0 Å². The summed E-state index contributed by atoms with van der Waals surface area (Å²) in [6, 6.07) is 6.13. The zero-order chi connectivity index (χ0) is 15.8. The number of hydrogen-bond donors (Lipinski definition) is 2. The van der Waals surface area contributed by atoms with Crippen LogP contribution in [-0.4, -0.2) is 0 Å². The van der Waals surface area contributed by atoms with Gasteiger partial charge in [-0.3, -0.25) is 0 Å². The maximum Gasteiger partial charge on any atom is 0.418 e. The summed E-state index contributed by atoms with van der Waals surface area (Å²) in [6.45, 7) is 0. The van der Waals surface area contributed by atoms with Gasteiger partial charge in [-0.1, -0.05) is 34.8 Å². The van der Waals surface area contributed by atoms with E-state index in [2.05, 4.69) is 5.32 Å². The topological polar surface area (TPSA) is 38.0 Å². The lowest BCUT2D eigenvalue weighted by molar-refractivity contribution is -0.136. The number of nitrogens with two attached hydrogens (primary N) is 1. The molecule has 0 bridgehead atoms. The van der Waals surface area contributed by atoms with Crippen molar-refractivity contribution in [3.63, 3.8) is 0 Å². The standard InChI is InChI=1S/C13H8Cl3F3N2/c14-6-1-2-11(8(3-6)13(17,18)19)21-12-9(15)4-7(20)5-10(12)16/h1-5,21H,20H2. The summed E-state index contributed by atoms with van der Waals surface area (Å²) < 4.78 is 39.0. The van der Waals surface area contributed by atoms with E-state index in [-0.39, 0.29) is 26.4 Å². The summed E-state index contributed by atoms with van der Waals surface area (Å²) in [5.41, 5.74) is 4.87. The van der Waals surface area contributed by atoms with Gasteiger partial charge in [0, 0.05) is 10.7 Å². The van der Waals surface area contributed by atoms with Gasteiger partial charge in [-0.15, -0.1) is 0 Å². The van der Waals surface area contributed by atoms with Gasteiger partial charge in [0.15, 0.2) is 0 Å². The van der Waals surface area contributed by atoms with Crippen LogP contribution in [0.4, 0.5) is 30.2 Å². The van der Waals surface area contributed by atoms with E-state index in [1.807, 2.05) is 0 Å². The van der Waals surface area contributed by atoms with E-state index in [1.165, 1.54) is 24.3 Å². The molecule has 0 aliphatic heterocycles. The Hall–Kier alpha value is -1.30. The Balaban J connectivity index is 2.50. The minimum Gasteiger partial charge on any atom is -0.399 e. The highest BCUT2D eigenvalue weighted by Crippen LogP contribution is 2.41. The fraction of sp³-hybridized carbons (Fsp3) is 0.0769. The van der Waals surface area contributed by atoms with Crippen LogP contribution in [0, 0.1) is 0 Å². The maximum absolute atomic E-state index is 13.0. The van der Waals surface area contributed by atoms with Crippen LogP contribution in [0.1, 0.15) is 5.56 Å². The molecule has 0 atom stereocenters. The lowest BCUT2D eigenvalue weighted by Gasteiger charge is -2.17. The molecule has 0 spiro atoms. The largest absolute Gasteiger partial charge is 0.418 e. The van der Waals surface area contributed by atoms with Gasteiger partial charge in [0.05, 0.1) is 27.0 Å². The van der Waals surface area contributed by atoms with E-state index in [0.717, 1.165) is 6.07 Å². The summed E-state index contributed by atoms with van der Waals surface area (Å²) >= 11 is 17.5. The minimum absolute atomic E-state index is 0.0256. The molecule has 2 aromatic carbocycles. The Kier molecular flexibility index (Phi) is 4.46. The lowest BCUT2D eigenvalue weighted by atomic mass is 10.1. The lowest BCUT2D eigenvalue weighted by Crippen LogP contribution is -2.09. The van der Waals surface area contributed by atoms with E-state index in [0.29, 0.717) is 5.69 Å². The fourth-order valence-corrected chi connectivity index (χ4v) is 2.48. The van der Waals surface area contributed by atoms with Gasteiger partial charge in [-0.25, -0.2) is 0 Å². The first-order chi connectivity index (χ1) is 9.68. The van der Waals surface area contributed by atoms with Crippen LogP contribution in [0.25, 0.3) is 0 Å². The van der Waals surface area contributed by atoms with Crippen LogP contribution in [0.3, 0.4) is 0 Å². The van der Waals surface area contributed by atoms with Crippen molar-refractivity contribution in [3.8, 4) is 0 Å². The molecule has 0 aromatic heterocycles. The van der Waals surface area contributed by atoms with Gasteiger partial charge in [-0.05, 0) is 30.3 Å². The molecule has 0 fully saturated rings. The highest BCUT2D eigenvalue weighted by atomic mass is 35.5. The van der Waals surface area contributed by atoms with Gasteiger partial charge in [0.25, 0.3) is 0 Å². The fourth-order valence-electron chi connectivity index (χ4n) is 1.71. The number of anilines is 3. The third kappa shape index (κ3) is 3.67. The Labute approximate surface area is 133 Å². The molecule has 0 aliphatic carbocycles. The Morgan fingerprint density at radius 3 is 2.05 bits per heavy atom. The third-order valence-electron chi connectivity index (χ3n) is 2.61. The molecule has 2 rings (SSSR count). The van der Waals surface area contributed by atoms with Crippen molar-refractivity contribution in [2.75, 3.05) is 11.1 Å². The molecule has 0 radical (unpaired) electrons. The summed E-state index contributed by atoms with van der Waals surface area (Å²) in [5, 5.41) is 2.77. The molecule has 2 nitrogen and oxygen atoms in total. The molecule has 0 unspecified atom stereocenters. The Bertz CT molecular complexity index is 664. The van der Waals surface area contributed by atoms with E-state index >= 15 is 0 Å². The van der Waals surface area contributed by atoms with E-state index in [1.54, 1.807) is 0 Å². The van der Waals surface area contributed by atoms with Gasteiger partial charge in [-0.2, -0.15) is 13.2 Å². The number of nitrogen functional groups attached to an aromatic ring is 1. The van der Waals surface area contributed by atoms with Gasteiger partial charge < -0.3 is 11.1 Å². The molecule has 2 aromatic rings. The zero-order valence-corrected chi connectivity index (χ0v) is 12.5. The Morgan fingerprint density at radius 2 is 1.52 bits per heavy atom. The summed E-state index contributed by atoms with van der Waals surface area (Å²) in [5.74, 6) is 0. The smallest absolute Gasteiger partial charge is 0.399 e. The molecule has 0 aliphatic rings. The predicted octanol–water partition coefficient (Wildman–Crippen LogP) is 5.99.